The van der Waals surface area contributed by atoms with Gasteiger partial charge in [-0.15, -0.1) is 0 Å². The lowest BCUT2D eigenvalue weighted by atomic mass is 10.1. The molecule has 3 rings (SSSR count). The van der Waals surface area contributed by atoms with Crippen molar-refractivity contribution in [3.8, 4) is 0 Å². The number of hydrogen-bond donors (Lipinski definition) is 1. The monoisotopic (exact) mass is 325 g/mol. The number of rotatable bonds is 3. The number of halogens is 1. The zero-order valence-corrected chi connectivity index (χ0v) is 13.3. The van der Waals surface area contributed by atoms with Gasteiger partial charge in [-0.25, -0.2) is 9.07 Å². The number of amides is 1. The van der Waals surface area contributed by atoms with E-state index in [0.29, 0.717) is 23.0 Å². The summed E-state index contributed by atoms with van der Waals surface area (Å²) >= 11 is 0. The third kappa shape index (κ3) is 2.78. The van der Waals surface area contributed by atoms with Crippen molar-refractivity contribution in [2.24, 2.45) is 0 Å². The van der Waals surface area contributed by atoms with Gasteiger partial charge in [-0.05, 0) is 37.6 Å². The first kappa shape index (κ1) is 15.9. The van der Waals surface area contributed by atoms with E-state index in [1.54, 1.807) is 44.2 Å². The first-order chi connectivity index (χ1) is 11.5. The lowest BCUT2D eigenvalue weighted by Crippen LogP contribution is -2.27. The van der Waals surface area contributed by atoms with Crippen molar-refractivity contribution in [3.05, 3.63) is 69.9 Å². The summed E-state index contributed by atoms with van der Waals surface area (Å²) in [7, 11) is 0. The Balaban J connectivity index is 2.11. The minimum atomic E-state index is -0.484. The molecule has 122 valence electrons. The molecule has 1 heterocycles. The van der Waals surface area contributed by atoms with Crippen LogP contribution >= 0.6 is 0 Å². The molecule has 2 aromatic carbocycles. The van der Waals surface area contributed by atoms with Crippen LogP contribution in [0.15, 0.2) is 47.3 Å². The van der Waals surface area contributed by atoms with Crippen molar-refractivity contribution >= 4 is 22.4 Å². The van der Waals surface area contributed by atoms with Crippen LogP contribution in [0.25, 0.3) is 10.8 Å². The van der Waals surface area contributed by atoms with Gasteiger partial charge in [0.2, 0.25) is 0 Å². The molecule has 0 radical (unpaired) electrons. The summed E-state index contributed by atoms with van der Waals surface area (Å²) in [5.41, 5.74) is 1.00. The Hall–Kier alpha value is -3.02. The third-order valence-corrected chi connectivity index (χ3v) is 3.83. The number of carbonyl (C=O) groups is 1. The standard InChI is InChI=1S/C18H16FN3O2/c1-3-22-18(24)14-7-5-4-6-13(14)16(21-22)17(23)20-15-10-12(19)9-8-11(15)2/h4-10H,3H2,1-2H3,(H,20,23). The second-order valence-electron chi connectivity index (χ2n) is 5.43. The zero-order valence-electron chi connectivity index (χ0n) is 13.3. The molecule has 0 aliphatic carbocycles. The molecule has 0 saturated carbocycles. The Morgan fingerprint density at radius 1 is 1.21 bits per heavy atom. The SMILES string of the molecule is CCn1nc(C(=O)Nc2cc(F)ccc2C)c2ccccc2c1=O. The summed E-state index contributed by atoms with van der Waals surface area (Å²) in [6, 6.07) is 11.0. The summed E-state index contributed by atoms with van der Waals surface area (Å²) in [5.74, 6) is -0.922. The molecular formula is C18H16FN3O2. The maximum atomic E-state index is 13.4. The molecule has 0 unspecified atom stereocenters. The molecule has 0 bridgehead atoms. The Kier molecular flexibility index (Phi) is 4.12. The minimum Gasteiger partial charge on any atom is -0.320 e. The number of fused-ring (bicyclic) bond motifs is 1. The fraction of sp³-hybridized carbons (Fsp3) is 0.167. The molecule has 0 saturated heterocycles. The summed E-state index contributed by atoms with van der Waals surface area (Å²) in [6.45, 7) is 3.90. The van der Waals surface area contributed by atoms with E-state index in [4.69, 9.17) is 0 Å². The molecule has 1 amide bonds. The van der Waals surface area contributed by atoms with Crippen LogP contribution in [0.2, 0.25) is 0 Å². The van der Waals surface area contributed by atoms with Crippen molar-refractivity contribution < 1.29 is 9.18 Å². The molecule has 3 aromatic rings. The van der Waals surface area contributed by atoms with Crippen molar-refractivity contribution in [3.63, 3.8) is 0 Å². The van der Waals surface area contributed by atoms with Crippen LogP contribution in [0.4, 0.5) is 10.1 Å². The highest BCUT2D eigenvalue weighted by Gasteiger charge is 2.17. The van der Waals surface area contributed by atoms with Gasteiger partial charge < -0.3 is 5.32 Å². The molecular weight excluding hydrogens is 309 g/mol. The second-order valence-corrected chi connectivity index (χ2v) is 5.43. The normalized spacial score (nSPS) is 10.8. The summed E-state index contributed by atoms with van der Waals surface area (Å²) in [6.07, 6.45) is 0. The van der Waals surface area contributed by atoms with Crippen LogP contribution in [0, 0.1) is 12.7 Å². The minimum absolute atomic E-state index is 0.135. The smallest absolute Gasteiger partial charge is 0.276 e. The molecule has 1 N–H and O–H groups in total. The largest absolute Gasteiger partial charge is 0.320 e. The predicted molar refractivity (Wildman–Crippen MR) is 90.8 cm³/mol. The highest BCUT2D eigenvalue weighted by atomic mass is 19.1. The number of nitrogens with zero attached hydrogens (tertiary/aromatic N) is 2. The Bertz CT molecular complexity index is 995. The second kappa shape index (κ2) is 6.23. The first-order valence-corrected chi connectivity index (χ1v) is 7.58. The van der Waals surface area contributed by atoms with E-state index in [1.807, 2.05) is 0 Å². The summed E-state index contributed by atoms with van der Waals surface area (Å²) in [4.78, 5) is 25.0. The molecule has 0 atom stereocenters. The number of aromatic nitrogens is 2. The van der Waals surface area contributed by atoms with Gasteiger partial charge in [-0.1, -0.05) is 24.3 Å². The van der Waals surface area contributed by atoms with Crippen LogP contribution < -0.4 is 10.9 Å². The van der Waals surface area contributed by atoms with Gasteiger partial charge >= 0.3 is 0 Å². The average Bonchev–Trinajstić information content (AvgIpc) is 2.58. The number of hydrogen-bond acceptors (Lipinski definition) is 3. The fourth-order valence-corrected chi connectivity index (χ4v) is 2.53. The molecule has 0 spiro atoms. The van der Waals surface area contributed by atoms with E-state index in [9.17, 15) is 14.0 Å². The van der Waals surface area contributed by atoms with E-state index in [2.05, 4.69) is 10.4 Å². The van der Waals surface area contributed by atoms with Crippen molar-refractivity contribution in [1.82, 2.24) is 9.78 Å². The molecule has 24 heavy (non-hydrogen) atoms. The Morgan fingerprint density at radius 3 is 2.62 bits per heavy atom. The molecule has 0 fully saturated rings. The molecule has 6 heteroatoms. The molecule has 1 aromatic heterocycles. The van der Waals surface area contributed by atoms with Gasteiger partial charge in [0.05, 0.1) is 5.39 Å². The molecule has 5 nitrogen and oxygen atoms in total. The lowest BCUT2D eigenvalue weighted by Gasteiger charge is -2.11. The van der Waals surface area contributed by atoms with Crippen LogP contribution in [-0.4, -0.2) is 15.7 Å². The number of benzene rings is 2. The van der Waals surface area contributed by atoms with Crippen LogP contribution in [0.3, 0.4) is 0 Å². The number of carbonyl (C=O) groups excluding carboxylic acids is 1. The van der Waals surface area contributed by atoms with Gasteiger partial charge in [0, 0.05) is 17.6 Å². The summed E-state index contributed by atoms with van der Waals surface area (Å²) in [5, 5.41) is 7.74. The molecule has 0 aliphatic rings. The van der Waals surface area contributed by atoms with Gasteiger partial charge in [-0.2, -0.15) is 5.10 Å². The highest BCUT2D eigenvalue weighted by Crippen LogP contribution is 2.19. The third-order valence-electron chi connectivity index (χ3n) is 3.83. The van der Waals surface area contributed by atoms with E-state index in [0.717, 1.165) is 5.56 Å². The Morgan fingerprint density at radius 2 is 1.92 bits per heavy atom. The first-order valence-electron chi connectivity index (χ1n) is 7.58. The number of nitrogens with one attached hydrogen (secondary N) is 1. The van der Waals surface area contributed by atoms with Crippen LogP contribution in [-0.2, 0) is 6.54 Å². The maximum absolute atomic E-state index is 13.4. The quantitative estimate of drug-likeness (QED) is 0.805. The lowest BCUT2D eigenvalue weighted by molar-refractivity contribution is 0.102. The van der Waals surface area contributed by atoms with Gasteiger partial charge in [-0.3, -0.25) is 9.59 Å². The van der Waals surface area contributed by atoms with Gasteiger partial charge in [0.15, 0.2) is 5.69 Å². The fourth-order valence-electron chi connectivity index (χ4n) is 2.53. The van der Waals surface area contributed by atoms with E-state index in [-0.39, 0.29) is 11.3 Å². The topological polar surface area (TPSA) is 64.0 Å². The number of aryl methyl sites for hydroxylation is 2. The van der Waals surface area contributed by atoms with Crippen LogP contribution in [0.1, 0.15) is 23.0 Å². The Labute approximate surface area is 137 Å². The van der Waals surface area contributed by atoms with E-state index >= 15 is 0 Å². The number of anilines is 1. The van der Waals surface area contributed by atoms with Crippen LogP contribution in [0.5, 0.6) is 0 Å². The van der Waals surface area contributed by atoms with Crippen molar-refractivity contribution in [1.29, 1.82) is 0 Å². The van der Waals surface area contributed by atoms with E-state index in [1.165, 1.54) is 16.8 Å². The van der Waals surface area contributed by atoms with Gasteiger partial charge in [0.1, 0.15) is 5.82 Å². The maximum Gasteiger partial charge on any atom is 0.276 e. The predicted octanol–water partition coefficient (Wildman–Crippen LogP) is 3.12. The van der Waals surface area contributed by atoms with Gasteiger partial charge in [0.25, 0.3) is 11.5 Å². The van der Waals surface area contributed by atoms with Crippen molar-refractivity contribution in [2.75, 3.05) is 5.32 Å². The van der Waals surface area contributed by atoms with E-state index < -0.39 is 11.7 Å². The average molecular weight is 325 g/mol. The summed E-state index contributed by atoms with van der Waals surface area (Å²) < 4.78 is 14.7. The highest BCUT2D eigenvalue weighted by molar-refractivity contribution is 6.11. The zero-order chi connectivity index (χ0) is 17.3. The van der Waals surface area contributed by atoms with Crippen molar-refractivity contribution in [2.45, 2.75) is 20.4 Å². The molecule has 0 aliphatic heterocycles.